The van der Waals surface area contributed by atoms with Crippen LogP contribution in [-0.4, -0.2) is 69.7 Å². The van der Waals surface area contributed by atoms with Gasteiger partial charge in [0.1, 0.15) is 11.6 Å². The molecule has 2 aliphatic rings. The summed E-state index contributed by atoms with van der Waals surface area (Å²) in [6.07, 6.45) is -1.74. The van der Waals surface area contributed by atoms with Crippen molar-refractivity contribution >= 4 is 44.2 Å². The van der Waals surface area contributed by atoms with Gasteiger partial charge < -0.3 is 9.80 Å². The van der Waals surface area contributed by atoms with Crippen LogP contribution in [0.15, 0.2) is 59.0 Å². The molecule has 1 aromatic carbocycles. The van der Waals surface area contributed by atoms with Gasteiger partial charge in [-0.05, 0) is 62.6 Å². The molecule has 2 fully saturated rings. The van der Waals surface area contributed by atoms with Crippen LogP contribution in [0.4, 0.5) is 23.4 Å². The summed E-state index contributed by atoms with van der Waals surface area (Å²) in [6.45, 7) is 7.50. The van der Waals surface area contributed by atoms with E-state index in [4.69, 9.17) is 11.6 Å². The molecule has 1 aliphatic carbocycles. The number of nitrogens with zero attached hydrogens (tertiary/aromatic N) is 6. The number of benzene rings is 1. The molecule has 0 N–H and O–H groups in total. The molecule has 4 aromatic rings. The van der Waals surface area contributed by atoms with Crippen LogP contribution >= 0.6 is 11.6 Å². The maximum atomic E-state index is 15.3. The van der Waals surface area contributed by atoms with Crippen molar-refractivity contribution in [3.05, 3.63) is 81.6 Å². The fraction of sp³-hybridized carbons (Fsp3) is 0.323. The van der Waals surface area contributed by atoms with Crippen molar-refractivity contribution in [3.63, 3.8) is 0 Å². The lowest BCUT2D eigenvalue weighted by molar-refractivity contribution is -0.137. The van der Waals surface area contributed by atoms with E-state index in [-0.39, 0.29) is 53.1 Å². The van der Waals surface area contributed by atoms with Crippen LogP contribution in [0.3, 0.4) is 0 Å². The van der Waals surface area contributed by atoms with Crippen molar-refractivity contribution in [2.45, 2.75) is 49.2 Å². The molecule has 0 bridgehead atoms. The Balaban J connectivity index is 1.69. The number of alkyl halides is 3. The lowest BCUT2D eigenvalue weighted by Gasteiger charge is -2.40. The topological polar surface area (TPSA) is 118 Å². The SMILES string of the molecule is C=CC(=O)N1CCN(c2nc(=O)n(-c3c(C)ccnc3S(=O)(=O)C3CC3)c3nc(-c4c(F)cccc4C(F)(F)F)c(Cl)cc23)[C@@H](C)C1. The molecule has 6 rings (SSSR count). The van der Waals surface area contributed by atoms with Gasteiger partial charge in [-0.1, -0.05) is 24.2 Å². The Morgan fingerprint density at radius 3 is 2.51 bits per heavy atom. The lowest BCUT2D eigenvalue weighted by Crippen LogP contribution is -2.54. The van der Waals surface area contributed by atoms with E-state index in [2.05, 4.69) is 21.5 Å². The zero-order valence-corrected chi connectivity index (χ0v) is 26.6. The van der Waals surface area contributed by atoms with E-state index in [1.54, 1.807) is 23.6 Å². The molecule has 1 aliphatic heterocycles. The monoisotopic (exact) mass is 690 g/mol. The van der Waals surface area contributed by atoms with Crippen molar-refractivity contribution in [3.8, 4) is 16.9 Å². The molecule has 1 saturated heterocycles. The molecule has 47 heavy (non-hydrogen) atoms. The number of hydrogen-bond acceptors (Lipinski definition) is 8. The fourth-order valence-electron chi connectivity index (χ4n) is 5.85. The Morgan fingerprint density at radius 1 is 1.15 bits per heavy atom. The van der Waals surface area contributed by atoms with Gasteiger partial charge in [0.25, 0.3) is 0 Å². The summed E-state index contributed by atoms with van der Waals surface area (Å²) in [5.74, 6) is -1.50. The predicted octanol–water partition coefficient (Wildman–Crippen LogP) is 5.12. The standard InChI is InChI=1S/C31H27ClF4N6O4S/c1-4-23(43)40-12-13-41(17(3)15-40)27-19-14-21(32)25(24-20(31(34,35)36)6-5-7-22(24)33)38-28(19)42(30(44)39-27)26-16(2)10-11-37-29(26)47(45,46)18-8-9-18/h4-7,10-11,14,17-18H,1,8-9,12-13,15H2,2-3H3/t17-/m0/s1. The van der Waals surface area contributed by atoms with Gasteiger partial charge in [0.2, 0.25) is 15.7 Å². The van der Waals surface area contributed by atoms with Gasteiger partial charge >= 0.3 is 11.9 Å². The number of fused-ring (bicyclic) bond motifs is 1. The first-order valence-corrected chi connectivity index (χ1v) is 16.4. The Hall–Kier alpha value is -4.37. The average Bonchev–Trinajstić information content (AvgIpc) is 3.87. The summed E-state index contributed by atoms with van der Waals surface area (Å²) in [5, 5.41) is -1.42. The van der Waals surface area contributed by atoms with Gasteiger partial charge in [-0.15, -0.1) is 0 Å². The van der Waals surface area contributed by atoms with E-state index in [9.17, 15) is 31.2 Å². The third kappa shape index (κ3) is 5.64. The van der Waals surface area contributed by atoms with Crippen LogP contribution in [0.1, 0.15) is 30.9 Å². The number of halogens is 5. The maximum absolute atomic E-state index is 15.3. The smallest absolute Gasteiger partial charge is 0.350 e. The first kappa shape index (κ1) is 32.6. The van der Waals surface area contributed by atoms with E-state index in [1.165, 1.54) is 24.4 Å². The van der Waals surface area contributed by atoms with Crippen molar-refractivity contribution in [1.82, 2.24) is 24.4 Å². The van der Waals surface area contributed by atoms with E-state index in [0.717, 1.165) is 16.7 Å². The van der Waals surface area contributed by atoms with Crippen molar-refractivity contribution < 1.29 is 30.8 Å². The van der Waals surface area contributed by atoms with Crippen LogP contribution in [0.2, 0.25) is 5.02 Å². The third-order valence-corrected chi connectivity index (χ3v) is 10.8. The number of hydrogen-bond donors (Lipinski definition) is 0. The Labute approximate surface area is 271 Å². The van der Waals surface area contributed by atoms with Gasteiger partial charge in [0, 0.05) is 37.4 Å². The summed E-state index contributed by atoms with van der Waals surface area (Å²) in [4.78, 5) is 42.5. The number of piperazine rings is 1. The number of rotatable bonds is 6. The largest absolute Gasteiger partial charge is 0.417 e. The molecule has 246 valence electrons. The second-order valence-electron chi connectivity index (χ2n) is 11.5. The van der Waals surface area contributed by atoms with Gasteiger partial charge in [-0.3, -0.25) is 4.79 Å². The number of sulfone groups is 1. The van der Waals surface area contributed by atoms with Crippen molar-refractivity contribution in [2.75, 3.05) is 24.5 Å². The first-order chi connectivity index (χ1) is 22.1. The van der Waals surface area contributed by atoms with E-state index in [0.29, 0.717) is 24.5 Å². The maximum Gasteiger partial charge on any atom is 0.417 e. The van der Waals surface area contributed by atoms with Crippen molar-refractivity contribution in [1.29, 1.82) is 0 Å². The number of aromatic nitrogens is 4. The molecular formula is C31H27ClF4N6O4S. The predicted molar refractivity (Wildman–Crippen MR) is 167 cm³/mol. The van der Waals surface area contributed by atoms with E-state index in [1.807, 2.05) is 0 Å². The van der Waals surface area contributed by atoms with Gasteiger partial charge in [0.15, 0.2) is 10.7 Å². The molecule has 0 unspecified atom stereocenters. The molecule has 4 heterocycles. The molecule has 1 saturated carbocycles. The molecule has 0 spiro atoms. The van der Waals surface area contributed by atoms with Crippen LogP contribution in [0.5, 0.6) is 0 Å². The lowest BCUT2D eigenvalue weighted by atomic mass is 10.0. The highest BCUT2D eigenvalue weighted by atomic mass is 35.5. The summed E-state index contributed by atoms with van der Waals surface area (Å²) in [7, 11) is -4.03. The summed E-state index contributed by atoms with van der Waals surface area (Å²) < 4.78 is 85.6. The number of carbonyl (C=O) groups excluding carboxylic acids is 1. The molecule has 10 nitrogen and oxygen atoms in total. The minimum Gasteiger partial charge on any atom is -0.350 e. The number of carbonyl (C=O) groups is 1. The minimum absolute atomic E-state index is 0.0538. The Morgan fingerprint density at radius 2 is 1.87 bits per heavy atom. The highest BCUT2D eigenvalue weighted by Gasteiger charge is 2.41. The average molecular weight is 691 g/mol. The minimum atomic E-state index is -5.00. The third-order valence-electron chi connectivity index (χ3n) is 8.29. The molecular weight excluding hydrogens is 664 g/mol. The van der Waals surface area contributed by atoms with Gasteiger partial charge in [-0.2, -0.15) is 18.2 Å². The summed E-state index contributed by atoms with van der Waals surface area (Å²) in [6, 6.07) is 4.71. The van der Waals surface area contributed by atoms with E-state index >= 15 is 4.39 Å². The normalized spacial score (nSPS) is 17.3. The molecule has 0 radical (unpaired) electrons. The Bertz CT molecular complexity index is 2140. The molecule has 16 heteroatoms. The summed E-state index contributed by atoms with van der Waals surface area (Å²) in [5.41, 5.74) is -4.09. The van der Waals surface area contributed by atoms with Crippen LogP contribution in [-0.2, 0) is 20.8 Å². The van der Waals surface area contributed by atoms with Crippen LogP contribution < -0.4 is 10.6 Å². The van der Waals surface area contributed by atoms with E-state index < -0.39 is 60.7 Å². The first-order valence-electron chi connectivity index (χ1n) is 14.5. The second kappa shape index (κ2) is 11.7. The zero-order chi connectivity index (χ0) is 34.0. The Kier molecular flexibility index (Phi) is 8.11. The van der Waals surface area contributed by atoms with Crippen LogP contribution in [0, 0.1) is 12.7 Å². The number of aryl methyl sites for hydroxylation is 1. The molecule has 1 atom stereocenters. The zero-order valence-electron chi connectivity index (χ0n) is 25.1. The second-order valence-corrected chi connectivity index (χ2v) is 14.0. The number of anilines is 1. The van der Waals surface area contributed by atoms with Crippen molar-refractivity contribution in [2.24, 2.45) is 0 Å². The number of pyridine rings is 2. The van der Waals surface area contributed by atoms with Gasteiger partial charge in [-0.25, -0.2) is 32.1 Å². The highest BCUT2D eigenvalue weighted by molar-refractivity contribution is 7.92. The molecule has 3 aromatic heterocycles. The molecule has 1 amide bonds. The van der Waals surface area contributed by atoms with Crippen LogP contribution in [0.25, 0.3) is 28.0 Å². The fourth-order valence-corrected chi connectivity index (χ4v) is 7.89. The highest BCUT2D eigenvalue weighted by Crippen LogP contribution is 2.42. The summed E-state index contributed by atoms with van der Waals surface area (Å²) >= 11 is 6.58. The quantitative estimate of drug-likeness (QED) is 0.202. The number of amides is 1. The van der Waals surface area contributed by atoms with Gasteiger partial charge in [0.05, 0.1) is 32.6 Å².